The Labute approximate surface area is 183 Å². The van der Waals surface area contributed by atoms with Gasteiger partial charge in [-0.1, -0.05) is 39.3 Å². The van der Waals surface area contributed by atoms with Gasteiger partial charge in [0.05, 0.1) is 6.10 Å². The maximum Gasteiger partial charge on any atom is 0.136 e. The number of carbonyl (C=O) groups excluding carboxylic acids is 1. The molecule has 0 heterocycles. The Bertz CT molecular complexity index is 684. The monoisotopic (exact) mass is 416 g/mol. The van der Waals surface area contributed by atoms with Crippen molar-refractivity contribution in [3.05, 3.63) is 11.6 Å². The van der Waals surface area contributed by atoms with Crippen LogP contribution in [-0.4, -0.2) is 28.7 Å². The lowest BCUT2D eigenvalue weighted by Gasteiger charge is -2.58. The van der Waals surface area contributed by atoms with Gasteiger partial charge >= 0.3 is 0 Å². The third kappa shape index (κ3) is 3.62. The molecule has 3 nitrogen and oxygen atoms in total. The van der Waals surface area contributed by atoms with E-state index in [0.29, 0.717) is 29.0 Å². The molecule has 0 aliphatic heterocycles. The van der Waals surface area contributed by atoms with E-state index in [9.17, 15) is 15.0 Å². The molecule has 0 amide bonds. The largest absolute Gasteiger partial charge is 0.396 e. The Morgan fingerprint density at radius 3 is 2.63 bits per heavy atom. The van der Waals surface area contributed by atoms with Crippen molar-refractivity contribution >= 4 is 5.78 Å². The summed E-state index contributed by atoms with van der Waals surface area (Å²) in [4.78, 5) is 13.0. The number of aliphatic hydroxyl groups is 2. The smallest absolute Gasteiger partial charge is 0.136 e. The van der Waals surface area contributed by atoms with Crippen molar-refractivity contribution in [1.82, 2.24) is 0 Å². The highest BCUT2D eigenvalue weighted by Crippen LogP contribution is 2.67. The van der Waals surface area contributed by atoms with Crippen LogP contribution in [-0.2, 0) is 4.79 Å². The normalized spacial score (nSPS) is 45.0. The first-order valence-corrected chi connectivity index (χ1v) is 12.7. The Kier molecular flexibility index (Phi) is 6.27. The molecule has 0 aromatic carbocycles. The molecule has 4 aliphatic rings. The van der Waals surface area contributed by atoms with Gasteiger partial charge in [0.1, 0.15) is 5.78 Å². The third-order valence-electron chi connectivity index (χ3n) is 10.5. The van der Waals surface area contributed by atoms with Gasteiger partial charge in [-0.15, -0.1) is 0 Å². The van der Waals surface area contributed by atoms with E-state index in [1.54, 1.807) is 5.57 Å². The van der Waals surface area contributed by atoms with Crippen LogP contribution in [0, 0.1) is 46.3 Å². The van der Waals surface area contributed by atoms with Crippen molar-refractivity contribution in [2.45, 2.75) is 98.0 Å². The van der Waals surface area contributed by atoms with Gasteiger partial charge in [0.2, 0.25) is 0 Å². The average Bonchev–Trinajstić information content (AvgIpc) is 3.08. The predicted octanol–water partition coefficient (Wildman–Crippen LogP) is 5.54. The molecule has 3 fully saturated rings. The van der Waals surface area contributed by atoms with Gasteiger partial charge in [0.25, 0.3) is 0 Å². The topological polar surface area (TPSA) is 57.5 Å². The minimum absolute atomic E-state index is 0.133. The van der Waals surface area contributed by atoms with Crippen molar-refractivity contribution in [3.8, 4) is 0 Å². The second-order valence-corrected chi connectivity index (χ2v) is 12.0. The molecule has 4 aliphatic carbocycles. The van der Waals surface area contributed by atoms with Crippen molar-refractivity contribution in [2.24, 2.45) is 46.3 Å². The molecule has 170 valence electrons. The van der Waals surface area contributed by atoms with E-state index in [-0.39, 0.29) is 24.5 Å². The van der Waals surface area contributed by atoms with E-state index in [1.807, 2.05) is 6.92 Å². The second-order valence-electron chi connectivity index (χ2n) is 12.0. The number of hydrogen-bond acceptors (Lipinski definition) is 3. The standard InChI is InChI=1S/C27H44O3/c1-17(16-28)5-10-25(30)18(2)22-8-9-23-21-7-6-19-15-20(29)11-13-26(19,3)24(21)12-14-27(22,23)4/h6,17-18,20-24,28-29H,5,7-16H2,1-4H3/t17-,18+,20+,21+,22-,23+,24+,26+,27-/m1/s1. The quantitative estimate of drug-likeness (QED) is 0.559. The molecule has 0 aromatic heterocycles. The van der Waals surface area contributed by atoms with Crippen LogP contribution in [0.15, 0.2) is 11.6 Å². The van der Waals surface area contributed by atoms with Crippen LogP contribution in [0.5, 0.6) is 0 Å². The highest BCUT2D eigenvalue weighted by molar-refractivity contribution is 5.81. The molecule has 0 radical (unpaired) electrons. The number of Topliss-reactive ketones (excluding diaryl/α,β-unsaturated/α-hetero) is 1. The summed E-state index contributed by atoms with van der Waals surface area (Å²) < 4.78 is 0. The van der Waals surface area contributed by atoms with Crippen LogP contribution in [0.2, 0.25) is 0 Å². The summed E-state index contributed by atoms with van der Waals surface area (Å²) in [5.74, 6) is 3.58. The van der Waals surface area contributed by atoms with Crippen LogP contribution in [0.1, 0.15) is 91.9 Å². The fraction of sp³-hybridized carbons (Fsp3) is 0.889. The van der Waals surface area contributed by atoms with E-state index < -0.39 is 0 Å². The van der Waals surface area contributed by atoms with E-state index in [0.717, 1.165) is 43.4 Å². The first kappa shape index (κ1) is 22.5. The zero-order chi connectivity index (χ0) is 21.7. The minimum atomic E-state index is -0.133. The fourth-order valence-electron chi connectivity index (χ4n) is 8.44. The molecule has 30 heavy (non-hydrogen) atoms. The lowest BCUT2D eigenvalue weighted by molar-refractivity contribution is -0.127. The Balaban J connectivity index is 1.49. The van der Waals surface area contributed by atoms with Gasteiger partial charge in [-0.2, -0.15) is 0 Å². The summed E-state index contributed by atoms with van der Waals surface area (Å²) in [6.45, 7) is 9.41. The zero-order valence-electron chi connectivity index (χ0n) is 19.7. The average molecular weight is 417 g/mol. The van der Waals surface area contributed by atoms with Crippen molar-refractivity contribution < 1.29 is 15.0 Å². The van der Waals surface area contributed by atoms with Gasteiger partial charge in [0.15, 0.2) is 0 Å². The van der Waals surface area contributed by atoms with Crippen LogP contribution in [0.25, 0.3) is 0 Å². The molecule has 9 atom stereocenters. The maximum absolute atomic E-state index is 13.0. The third-order valence-corrected chi connectivity index (χ3v) is 10.5. The summed E-state index contributed by atoms with van der Waals surface area (Å²) in [5, 5.41) is 19.5. The lowest BCUT2D eigenvalue weighted by atomic mass is 9.47. The molecule has 0 unspecified atom stereocenters. The van der Waals surface area contributed by atoms with Gasteiger partial charge in [0, 0.05) is 18.9 Å². The molecule has 0 saturated heterocycles. The number of allylic oxidation sites excluding steroid dienone is 1. The Morgan fingerprint density at radius 2 is 1.90 bits per heavy atom. The molecule has 0 aromatic rings. The van der Waals surface area contributed by atoms with Crippen LogP contribution < -0.4 is 0 Å². The SMILES string of the molecule is C[C@@H](CO)CCC(=O)[C@@H](C)[C@H]1CC[C@H]2[C@@H]3CC=C4C[C@@H](O)CC[C@]4(C)[C@H]3CC[C@]12C. The predicted molar refractivity (Wildman–Crippen MR) is 121 cm³/mol. The highest BCUT2D eigenvalue weighted by atomic mass is 16.3. The second kappa shape index (κ2) is 8.35. The zero-order valence-corrected chi connectivity index (χ0v) is 19.7. The van der Waals surface area contributed by atoms with Crippen molar-refractivity contribution in [2.75, 3.05) is 6.61 Å². The molecule has 3 heteroatoms. The number of hydrogen-bond donors (Lipinski definition) is 2. The molecular formula is C27H44O3. The van der Waals surface area contributed by atoms with E-state index in [4.69, 9.17) is 0 Å². The van der Waals surface area contributed by atoms with Gasteiger partial charge < -0.3 is 10.2 Å². The van der Waals surface area contributed by atoms with Gasteiger partial charge in [-0.25, -0.2) is 0 Å². The number of ketones is 1. The number of fused-ring (bicyclic) bond motifs is 5. The Morgan fingerprint density at radius 1 is 1.13 bits per heavy atom. The first-order valence-electron chi connectivity index (χ1n) is 12.7. The molecule has 2 N–H and O–H groups in total. The van der Waals surface area contributed by atoms with Gasteiger partial charge in [-0.3, -0.25) is 4.79 Å². The molecule has 0 spiro atoms. The van der Waals surface area contributed by atoms with Crippen molar-refractivity contribution in [3.63, 3.8) is 0 Å². The van der Waals surface area contributed by atoms with Crippen LogP contribution >= 0.6 is 0 Å². The number of carbonyl (C=O) groups is 1. The highest BCUT2D eigenvalue weighted by Gasteiger charge is 2.59. The van der Waals surface area contributed by atoms with E-state index >= 15 is 0 Å². The van der Waals surface area contributed by atoms with E-state index in [2.05, 4.69) is 26.8 Å². The summed E-state index contributed by atoms with van der Waals surface area (Å²) >= 11 is 0. The number of rotatable bonds is 6. The molecule has 3 saturated carbocycles. The fourth-order valence-corrected chi connectivity index (χ4v) is 8.44. The summed E-state index contributed by atoms with van der Waals surface area (Å²) in [5.41, 5.74) is 2.14. The Hall–Kier alpha value is -0.670. The summed E-state index contributed by atoms with van der Waals surface area (Å²) in [6, 6.07) is 0. The maximum atomic E-state index is 13.0. The summed E-state index contributed by atoms with van der Waals surface area (Å²) in [7, 11) is 0. The van der Waals surface area contributed by atoms with Crippen LogP contribution in [0.3, 0.4) is 0 Å². The van der Waals surface area contributed by atoms with E-state index in [1.165, 1.54) is 32.1 Å². The van der Waals surface area contributed by atoms with Crippen LogP contribution in [0.4, 0.5) is 0 Å². The minimum Gasteiger partial charge on any atom is -0.396 e. The molecule has 4 rings (SSSR count). The lowest BCUT2D eigenvalue weighted by Crippen LogP contribution is -2.51. The van der Waals surface area contributed by atoms with Gasteiger partial charge in [-0.05, 0) is 98.2 Å². The summed E-state index contributed by atoms with van der Waals surface area (Å²) in [6.07, 6.45) is 13.0. The molecular weight excluding hydrogens is 372 g/mol. The first-order chi connectivity index (χ1) is 14.2. The molecule has 0 bridgehead atoms. The van der Waals surface area contributed by atoms with Crippen molar-refractivity contribution in [1.29, 1.82) is 0 Å². The number of aliphatic hydroxyl groups excluding tert-OH is 2.